The number of pyridine rings is 1. The van der Waals surface area contributed by atoms with Gasteiger partial charge in [0.25, 0.3) is 5.91 Å². The van der Waals surface area contributed by atoms with Crippen LogP contribution in [-0.4, -0.2) is 71.0 Å². The molecule has 0 aliphatic carbocycles. The van der Waals surface area contributed by atoms with Gasteiger partial charge in [-0.05, 0) is 32.3 Å². The summed E-state index contributed by atoms with van der Waals surface area (Å²) in [4.78, 5) is 24.1. The van der Waals surface area contributed by atoms with Gasteiger partial charge in [-0.25, -0.2) is 18.9 Å². The number of anilines is 4. The Morgan fingerprint density at radius 3 is 2.60 bits per heavy atom. The molecule has 0 fully saturated rings. The van der Waals surface area contributed by atoms with Gasteiger partial charge in [0.05, 0.1) is 46.2 Å². The molecule has 2 N–H and O–H groups in total. The molecular weight excluding hydrogens is 558 g/mol. The molecule has 1 aromatic carbocycles. The van der Waals surface area contributed by atoms with Crippen molar-refractivity contribution in [3.63, 3.8) is 0 Å². The summed E-state index contributed by atoms with van der Waals surface area (Å²) in [5, 5.41) is 18.9. The van der Waals surface area contributed by atoms with Gasteiger partial charge >= 0.3 is 6.36 Å². The number of hydrogen-bond donors (Lipinski definition) is 2. The van der Waals surface area contributed by atoms with Crippen molar-refractivity contribution < 1.29 is 27.1 Å². The van der Waals surface area contributed by atoms with E-state index in [0.717, 1.165) is 12.1 Å². The average Bonchev–Trinajstić information content (AvgIpc) is 3.36. The van der Waals surface area contributed by atoms with E-state index in [-0.39, 0.29) is 34.3 Å². The van der Waals surface area contributed by atoms with E-state index in [4.69, 9.17) is 0 Å². The van der Waals surface area contributed by atoms with Crippen LogP contribution in [0.2, 0.25) is 0 Å². The lowest BCUT2D eigenvalue weighted by atomic mass is 10.1. The zero-order valence-electron chi connectivity index (χ0n) is 22.7. The maximum Gasteiger partial charge on any atom is 0.573 e. The molecule has 0 spiro atoms. The number of rotatable bonds is 10. The lowest BCUT2D eigenvalue weighted by Gasteiger charge is -2.26. The highest BCUT2D eigenvalue weighted by molar-refractivity contribution is 6.04. The third-order valence-corrected chi connectivity index (χ3v) is 5.95. The van der Waals surface area contributed by atoms with Gasteiger partial charge in [-0.2, -0.15) is 10.4 Å². The van der Waals surface area contributed by atoms with Gasteiger partial charge < -0.3 is 25.2 Å². The van der Waals surface area contributed by atoms with E-state index < -0.39 is 23.8 Å². The molecule has 4 aromatic rings. The molecule has 0 saturated heterocycles. The van der Waals surface area contributed by atoms with Crippen LogP contribution in [-0.2, 0) is 4.79 Å². The summed E-state index contributed by atoms with van der Waals surface area (Å²) >= 11 is 0. The van der Waals surface area contributed by atoms with Crippen molar-refractivity contribution >= 4 is 34.4 Å². The number of likely N-dealkylation sites (N-methyl/N-ethyl adjacent to an activating group) is 2. The highest BCUT2D eigenvalue weighted by Crippen LogP contribution is 2.40. The first-order valence-corrected chi connectivity index (χ1v) is 12.3. The largest absolute Gasteiger partial charge is 0.573 e. The number of amides is 1. The number of nitriles is 1. The topological polar surface area (TPSA) is 124 Å². The molecule has 3 aromatic heterocycles. The Bertz CT molecular complexity index is 1680. The van der Waals surface area contributed by atoms with Gasteiger partial charge in [-0.1, -0.05) is 12.6 Å². The second kappa shape index (κ2) is 12.1. The Hall–Kier alpha value is -5.23. The molecule has 1 amide bonds. The fourth-order valence-corrected chi connectivity index (χ4v) is 3.92. The number of nitrogens with one attached hydrogen (secondary N) is 2. The normalized spacial score (nSPS) is 11.3. The number of ether oxygens (including phenoxy) is 1. The minimum Gasteiger partial charge on any atom is -0.403 e. The van der Waals surface area contributed by atoms with Crippen LogP contribution in [0.25, 0.3) is 16.8 Å². The molecule has 11 nitrogen and oxygen atoms in total. The van der Waals surface area contributed by atoms with E-state index in [1.807, 2.05) is 25.1 Å². The minimum absolute atomic E-state index is 0.0337. The SMILES string of the molecule is C=C(F)C(=O)Nc1cc(Nc2ncc(C#N)c(-c3cnn4ccccc34)n2)c(OC(F)(F)F)cc1N(C)CCN(C)C. The van der Waals surface area contributed by atoms with Crippen molar-refractivity contribution in [3.05, 3.63) is 66.9 Å². The van der Waals surface area contributed by atoms with Crippen molar-refractivity contribution in [3.8, 4) is 23.1 Å². The summed E-state index contributed by atoms with van der Waals surface area (Å²) in [6, 6.07) is 9.48. The van der Waals surface area contributed by atoms with E-state index in [1.165, 1.54) is 12.4 Å². The van der Waals surface area contributed by atoms with E-state index in [0.29, 0.717) is 24.2 Å². The first kappa shape index (κ1) is 29.7. The Morgan fingerprint density at radius 2 is 1.93 bits per heavy atom. The van der Waals surface area contributed by atoms with Crippen LogP contribution in [0.4, 0.5) is 40.6 Å². The summed E-state index contributed by atoms with van der Waals surface area (Å²) < 4.78 is 59.9. The number of aromatic nitrogens is 4. The summed E-state index contributed by atoms with van der Waals surface area (Å²) in [7, 11) is 5.22. The van der Waals surface area contributed by atoms with E-state index in [1.54, 1.807) is 40.9 Å². The maximum atomic E-state index is 13.6. The number of fused-ring (bicyclic) bond motifs is 1. The number of benzene rings is 1. The summed E-state index contributed by atoms with van der Waals surface area (Å²) in [6.07, 6.45) is -0.677. The van der Waals surface area contributed by atoms with Gasteiger partial charge in [-0.15, -0.1) is 13.2 Å². The fraction of sp³-hybridized carbons (Fsp3) is 0.222. The third-order valence-electron chi connectivity index (χ3n) is 5.95. The molecule has 15 heteroatoms. The highest BCUT2D eigenvalue weighted by Gasteiger charge is 2.33. The molecule has 42 heavy (non-hydrogen) atoms. The summed E-state index contributed by atoms with van der Waals surface area (Å²) in [5.41, 5.74) is 1.16. The molecule has 4 rings (SSSR count). The number of carbonyl (C=O) groups excluding carboxylic acids is 1. The number of alkyl halides is 3. The second-order valence-corrected chi connectivity index (χ2v) is 9.28. The average molecular weight is 584 g/mol. The first-order chi connectivity index (χ1) is 19.9. The molecule has 218 valence electrons. The van der Waals surface area contributed by atoms with Crippen molar-refractivity contribution in [2.75, 3.05) is 49.8 Å². The highest BCUT2D eigenvalue weighted by atomic mass is 19.4. The van der Waals surface area contributed by atoms with Crippen molar-refractivity contribution in [1.29, 1.82) is 5.26 Å². The molecule has 0 radical (unpaired) electrons. The van der Waals surface area contributed by atoms with Crippen LogP contribution in [0.15, 0.2) is 61.3 Å². The van der Waals surface area contributed by atoms with E-state index in [2.05, 4.69) is 37.0 Å². The van der Waals surface area contributed by atoms with Crippen molar-refractivity contribution in [1.82, 2.24) is 24.5 Å². The number of hydrogen-bond acceptors (Lipinski definition) is 9. The first-order valence-electron chi connectivity index (χ1n) is 12.3. The third kappa shape index (κ3) is 6.91. The van der Waals surface area contributed by atoms with Crippen LogP contribution < -0.4 is 20.3 Å². The molecule has 3 heterocycles. The molecule has 0 aliphatic rings. The van der Waals surface area contributed by atoms with Gasteiger partial charge in [0.1, 0.15) is 6.07 Å². The zero-order valence-corrected chi connectivity index (χ0v) is 22.7. The zero-order chi connectivity index (χ0) is 30.6. The minimum atomic E-state index is -5.08. The predicted molar refractivity (Wildman–Crippen MR) is 148 cm³/mol. The Morgan fingerprint density at radius 1 is 1.17 bits per heavy atom. The standard InChI is InChI=1S/C27H25F4N9O2/c1-16(28)25(41)35-19-11-20(23(42-27(29,30)31)12-22(19)39(4)10-9-38(2)3)36-26-33-14-17(13-32)24(37-26)18-15-34-40-8-6-5-7-21(18)40/h5-8,11-12,14-15H,1,9-10H2,2-4H3,(H,35,41)(H,33,36,37). The Balaban J connectivity index is 1.83. The molecule has 0 saturated carbocycles. The van der Waals surface area contributed by atoms with Crippen LogP contribution in [0.3, 0.4) is 0 Å². The molecule has 0 aliphatic heterocycles. The lowest BCUT2D eigenvalue weighted by molar-refractivity contribution is -0.274. The second-order valence-electron chi connectivity index (χ2n) is 9.28. The van der Waals surface area contributed by atoms with Crippen LogP contribution in [0.1, 0.15) is 5.56 Å². The van der Waals surface area contributed by atoms with Gasteiger partial charge in [0.15, 0.2) is 11.6 Å². The molecular formula is C27H25F4N9O2. The maximum absolute atomic E-state index is 13.6. The molecule has 0 unspecified atom stereocenters. The molecule has 0 bridgehead atoms. The summed E-state index contributed by atoms with van der Waals surface area (Å²) in [6.45, 7) is 3.83. The van der Waals surface area contributed by atoms with Gasteiger partial charge in [0, 0.05) is 38.0 Å². The van der Waals surface area contributed by atoms with Gasteiger partial charge in [-0.3, -0.25) is 4.79 Å². The number of nitrogens with zero attached hydrogens (tertiary/aromatic N) is 7. The number of halogens is 4. The summed E-state index contributed by atoms with van der Waals surface area (Å²) in [5.74, 6) is -3.34. The van der Waals surface area contributed by atoms with E-state index in [9.17, 15) is 27.6 Å². The smallest absolute Gasteiger partial charge is 0.403 e. The predicted octanol–water partition coefficient (Wildman–Crippen LogP) is 4.72. The molecule has 0 atom stereocenters. The van der Waals surface area contributed by atoms with Crippen molar-refractivity contribution in [2.45, 2.75) is 6.36 Å². The lowest BCUT2D eigenvalue weighted by Crippen LogP contribution is -2.29. The fourth-order valence-electron chi connectivity index (χ4n) is 3.92. The van der Waals surface area contributed by atoms with Crippen LogP contribution >= 0.6 is 0 Å². The monoisotopic (exact) mass is 583 g/mol. The quantitative estimate of drug-likeness (QED) is 0.202. The number of carbonyl (C=O) groups is 1. The van der Waals surface area contributed by atoms with Crippen LogP contribution in [0, 0.1) is 11.3 Å². The van der Waals surface area contributed by atoms with Crippen LogP contribution in [0.5, 0.6) is 5.75 Å². The Labute approximate surface area is 237 Å². The van der Waals surface area contributed by atoms with E-state index >= 15 is 0 Å². The van der Waals surface area contributed by atoms with Gasteiger partial charge in [0.2, 0.25) is 5.95 Å². The van der Waals surface area contributed by atoms with Crippen molar-refractivity contribution in [2.24, 2.45) is 0 Å². The Kier molecular flexibility index (Phi) is 8.57.